The van der Waals surface area contributed by atoms with Crippen molar-refractivity contribution in [1.82, 2.24) is 9.78 Å². The third-order valence-corrected chi connectivity index (χ3v) is 3.34. The van der Waals surface area contributed by atoms with Crippen molar-refractivity contribution in [2.45, 2.75) is 6.54 Å². The lowest BCUT2D eigenvalue weighted by Crippen LogP contribution is -2.32. The van der Waals surface area contributed by atoms with Gasteiger partial charge in [0.05, 0.1) is 17.3 Å². The van der Waals surface area contributed by atoms with Crippen molar-refractivity contribution in [1.29, 1.82) is 0 Å². The van der Waals surface area contributed by atoms with E-state index in [0.29, 0.717) is 5.56 Å². The second-order valence-corrected chi connectivity index (χ2v) is 4.58. The predicted octanol–water partition coefficient (Wildman–Crippen LogP) is 0.958. The van der Waals surface area contributed by atoms with Crippen LogP contribution in [-0.2, 0) is 13.6 Å². The molecule has 108 valence electrons. The molecule has 2 amide bonds. The average molecular weight is 292 g/mol. The van der Waals surface area contributed by atoms with Gasteiger partial charge in [0.2, 0.25) is 0 Å². The number of imide groups is 1. The predicted molar refractivity (Wildman–Crippen MR) is 68.6 cm³/mol. The Morgan fingerprint density at radius 2 is 1.67 bits per heavy atom. The Balaban J connectivity index is 2.18. The maximum absolute atomic E-state index is 13.3. The first-order valence-corrected chi connectivity index (χ1v) is 6.04. The van der Waals surface area contributed by atoms with Crippen LogP contribution in [0.2, 0.25) is 0 Å². The molecule has 3 rings (SSSR count). The molecule has 2 N–H and O–H groups in total. The largest absolute Gasteiger partial charge is 0.326 e. The highest BCUT2D eigenvalue weighted by Gasteiger charge is 2.40. The molecule has 1 aromatic carbocycles. The third kappa shape index (κ3) is 1.76. The molecule has 21 heavy (non-hydrogen) atoms. The summed E-state index contributed by atoms with van der Waals surface area (Å²) in [5.74, 6) is -3.62. The van der Waals surface area contributed by atoms with Gasteiger partial charge in [-0.15, -0.1) is 0 Å². The number of hydrogen-bond donors (Lipinski definition) is 1. The first-order valence-electron chi connectivity index (χ1n) is 6.04. The molecule has 0 fully saturated rings. The summed E-state index contributed by atoms with van der Waals surface area (Å²) in [5.41, 5.74) is 5.68. The number of anilines is 1. The maximum Gasteiger partial charge on any atom is 0.267 e. The summed E-state index contributed by atoms with van der Waals surface area (Å²) < 4.78 is 27.9. The molecule has 8 heteroatoms. The average Bonchev–Trinajstić information content (AvgIpc) is 2.91. The number of aryl methyl sites for hydroxylation is 1. The zero-order valence-electron chi connectivity index (χ0n) is 10.9. The van der Waals surface area contributed by atoms with Gasteiger partial charge in [0, 0.05) is 19.2 Å². The standard InChI is InChI=1S/C13H10F2N4O2/c1-18-11(6(4-16)5-17-18)19-12(20)7-2-9(14)10(15)3-8(7)13(19)21/h2-3,5H,4,16H2,1H3. The van der Waals surface area contributed by atoms with Crippen molar-refractivity contribution in [3.63, 3.8) is 0 Å². The van der Waals surface area contributed by atoms with E-state index in [4.69, 9.17) is 5.73 Å². The Morgan fingerprint density at radius 3 is 2.14 bits per heavy atom. The number of nitrogens with two attached hydrogens (primary N) is 1. The highest BCUT2D eigenvalue weighted by Crippen LogP contribution is 2.31. The normalized spacial score (nSPS) is 14.0. The molecule has 0 radical (unpaired) electrons. The van der Waals surface area contributed by atoms with Crippen molar-refractivity contribution in [2.24, 2.45) is 12.8 Å². The van der Waals surface area contributed by atoms with Crippen LogP contribution in [0.25, 0.3) is 0 Å². The van der Waals surface area contributed by atoms with E-state index in [1.807, 2.05) is 0 Å². The molecule has 1 aliphatic heterocycles. The van der Waals surface area contributed by atoms with Crippen molar-refractivity contribution < 1.29 is 18.4 Å². The summed E-state index contributed by atoms with van der Waals surface area (Å²) in [4.78, 5) is 25.5. The second-order valence-electron chi connectivity index (χ2n) is 4.58. The number of carbonyl (C=O) groups is 2. The molecule has 0 saturated carbocycles. The topological polar surface area (TPSA) is 81.2 Å². The van der Waals surface area contributed by atoms with Crippen molar-refractivity contribution in [3.05, 3.63) is 46.7 Å². The molecule has 2 heterocycles. The van der Waals surface area contributed by atoms with Crippen LogP contribution in [0.4, 0.5) is 14.6 Å². The van der Waals surface area contributed by atoms with Gasteiger partial charge in [0.25, 0.3) is 11.8 Å². The Bertz CT molecular complexity index is 744. The Labute approximate surface area is 117 Å². The van der Waals surface area contributed by atoms with Crippen LogP contribution in [0.5, 0.6) is 0 Å². The van der Waals surface area contributed by atoms with Gasteiger partial charge in [-0.3, -0.25) is 14.3 Å². The van der Waals surface area contributed by atoms with E-state index in [1.165, 1.54) is 10.9 Å². The molecule has 0 bridgehead atoms. The third-order valence-electron chi connectivity index (χ3n) is 3.34. The number of aromatic nitrogens is 2. The lowest BCUT2D eigenvalue weighted by molar-refractivity contribution is 0.0923. The van der Waals surface area contributed by atoms with E-state index < -0.39 is 23.4 Å². The molecule has 0 spiro atoms. The molecule has 0 atom stereocenters. The number of amides is 2. The maximum atomic E-state index is 13.3. The van der Waals surface area contributed by atoms with Crippen LogP contribution in [-0.4, -0.2) is 21.6 Å². The number of fused-ring (bicyclic) bond motifs is 1. The number of nitrogens with zero attached hydrogens (tertiary/aromatic N) is 3. The van der Waals surface area contributed by atoms with Crippen LogP contribution >= 0.6 is 0 Å². The molecule has 1 aliphatic rings. The smallest absolute Gasteiger partial charge is 0.267 e. The van der Waals surface area contributed by atoms with Gasteiger partial charge in [0.15, 0.2) is 11.6 Å². The lowest BCUT2D eigenvalue weighted by atomic mass is 10.1. The molecular weight excluding hydrogens is 282 g/mol. The lowest BCUT2D eigenvalue weighted by Gasteiger charge is -2.15. The summed E-state index contributed by atoms with van der Waals surface area (Å²) in [6, 6.07) is 1.45. The van der Waals surface area contributed by atoms with Gasteiger partial charge in [-0.1, -0.05) is 0 Å². The van der Waals surface area contributed by atoms with Crippen molar-refractivity contribution in [2.75, 3.05) is 4.90 Å². The van der Waals surface area contributed by atoms with E-state index in [0.717, 1.165) is 17.0 Å². The van der Waals surface area contributed by atoms with Crippen LogP contribution in [0.1, 0.15) is 26.3 Å². The van der Waals surface area contributed by atoms with Crippen molar-refractivity contribution in [3.8, 4) is 0 Å². The van der Waals surface area contributed by atoms with E-state index in [1.54, 1.807) is 7.05 Å². The van der Waals surface area contributed by atoms with E-state index in [2.05, 4.69) is 5.10 Å². The summed E-state index contributed by atoms with van der Waals surface area (Å²) in [5, 5.41) is 3.94. The SMILES string of the molecule is Cn1ncc(CN)c1N1C(=O)c2cc(F)c(F)cc2C1=O. The number of hydrogen-bond acceptors (Lipinski definition) is 4. The molecule has 1 aromatic heterocycles. The number of carbonyl (C=O) groups excluding carboxylic acids is 2. The van der Waals surface area contributed by atoms with Gasteiger partial charge in [-0.25, -0.2) is 13.7 Å². The first kappa shape index (κ1) is 13.4. The summed E-state index contributed by atoms with van der Waals surface area (Å²) in [6.45, 7) is 0.0688. The van der Waals surface area contributed by atoms with Crippen LogP contribution in [0.3, 0.4) is 0 Å². The number of halogens is 2. The highest BCUT2D eigenvalue weighted by molar-refractivity contribution is 6.34. The van der Waals surface area contributed by atoms with Gasteiger partial charge >= 0.3 is 0 Å². The summed E-state index contributed by atoms with van der Waals surface area (Å²) in [6.07, 6.45) is 1.43. The van der Waals surface area contributed by atoms with Gasteiger partial charge < -0.3 is 5.73 Å². The van der Waals surface area contributed by atoms with Crippen LogP contribution < -0.4 is 10.6 Å². The summed E-state index contributed by atoms with van der Waals surface area (Å²) in [7, 11) is 1.54. The van der Waals surface area contributed by atoms with E-state index >= 15 is 0 Å². The second kappa shape index (κ2) is 4.45. The molecule has 0 unspecified atom stereocenters. The Hall–Kier alpha value is -2.61. The molecule has 0 saturated heterocycles. The Kier molecular flexibility index (Phi) is 2.84. The fraction of sp³-hybridized carbons (Fsp3) is 0.154. The van der Waals surface area contributed by atoms with Gasteiger partial charge in [0.1, 0.15) is 5.82 Å². The molecule has 2 aromatic rings. The zero-order valence-corrected chi connectivity index (χ0v) is 10.9. The zero-order chi connectivity index (χ0) is 15.3. The van der Waals surface area contributed by atoms with Gasteiger partial charge in [-0.2, -0.15) is 5.10 Å². The quantitative estimate of drug-likeness (QED) is 0.836. The minimum absolute atomic E-state index is 0.0688. The minimum Gasteiger partial charge on any atom is -0.326 e. The number of benzene rings is 1. The minimum atomic E-state index is -1.18. The molecule has 0 aliphatic carbocycles. The van der Waals surface area contributed by atoms with E-state index in [9.17, 15) is 18.4 Å². The number of rotatable bonds is 2. The fourth-order valence-corrected chi connectivity index (χ4v) is 2.34. The van der Waals surface area contributed by atoms with Crippen LogP contribution in [0.15, 0.2) is 18.3 Å². The fourth-order valence-electron chi connectivity index (χ4n) is 2.34. The first-order chi connectivity index (χ1) is 9.95. The van der Waals surface area contributed by atoms with Crippen molar-refractivity contribution >= 4 is 17.6 Å². The van der Waals surface area contributed by atoms with Crippen LogP contribution in [0, 0.1) is 11.6 Å². The Morgan fingerprint density at radius 1 is 1.14 bits per heavy atom. The molecule has 6 nitrogen and oxygen atoms in total. The van der Waals surface area contributed by atoms with Gasteiger partial charge in [-0.05, 0) is 12.1 Å². The molecular formula is C13H10F2N4O2. The highest BCUT2D eigenvalue weighted by atomic mass is 19.2. The van der Waals surface area contributed by atoms with E-state index in [-0.39, 0.29) is 23.5 Å². The monoisotopic (exact) mass is 292 g/mol. The summed E-state index contributed by atoms with van der Waals surface area (Å²) >= 11 is 0.